The number of hydroxylamine groups is 2. The van der Waals surface area contributed by atoms with Gasteiger partial charge in [0.25, 0.3) is 11.8 Å². The third-order valence-electron chi connectivity index (χ3n) is 3.83. The fourth-order valence-corrected chi connectivity index (χ4v) is 2.67. The second-order valence-electron chi connectivity index (χ2n) is 5.79. The van der Waals surface area contributed by atoms with Crippen LogP contribution in [0.4, 0.5) is 0 Å². The number of hydrogen-bond acceptors (Lipinski definition) is 5. The van der Waals surface area contributed by atoms with Gasteiger partial charge in [-0.05, 0) is 25.0 Å². The molecule has 0 spiro atoms. The van der Waals surface area contributed by atoms with Crippen molar-refractivity contribution in [1.82, 2.24) is 9.96 Å². The average molecular weight is 346 g/mol. The van der Waals surface area contributed by atoms with Crippen LogP contribution in [0.5, 0.6) is 0 Å². The molecule has 1 aromatic rings. The van der Waals surface area contributed by atoms with Gasteiger partial charge in [0.1, 0.15) is 0 Å². The lowest BCUT2D eigenvalue weighted by atomic mass is 10.1. The van der Waals surface area contributed by atoms with Gasteiger partial charge in [-0.15, -0.1) is 0 Å². The molecule has 0 fully saturated rings. The molecule has 0 saturated heterocycles. The zero-order chi connectivity index (χ0) is 18.4. The van der Waals surface area contributed by atoms with Crippen LogP contribution >= 0.6 is 0 Å². The first-order chi connectivity index (χ1) is 12.0. The molecule has 0 N–H and O–H groups in total. The molecule has 0 radical (unpaired) electrons. The monoisotopic (exact) mass is 346 g/mol. The van der Waals surface area contributed by atoms with E-state index >= 15 is 0 Å². The summed E-state index contributed by atoms with van der Waals surface area (Å²) in [6.07, 6.45) is 1.48. The Bertz CT molecular complexity index is 645. The van der Waals surface area contributed by atoms with Crippen LogP contribution in [0.25, 0.3) is 0 Å². The summed E-state index contributed by atoms with van der Waals surface area (Å²) in [5.41, 5.74) is 0.405. The number of hydrogen-bond donors (Lipinski definition) is 0. The van der Waals surface area contributed by atoms with Crippen molar-refractivity contribution in [2.45, 2.75) is 39.5 Å². The van der Waals surface area contributed by atoms with Crippen molar-refractivity contribution >= 4 is 23.7 Å². The molecule has 0 bridgehead atoms. The molecule has 0 aliphatic carbocycles. The van der Waals surface area contributed by atoms with Crippen LogP contribution in [0.15, 0.2) is 24.3 Å². The van der Waals surface area contributed by atoms with Crippen LogP contribution in [-0.2, 0) is 14.4 Å². The van der Waals surface area contributed by atoms with E-state index in [0.29, 0.717) is 18.2 Å². The number of carbonyl (C=O) groups excluding carboxylic acids is 4. The fraction of sp³-hybridized carbons (Fsp3) is 0.444. The average Bonchev–Trinajstić information content (AvgIpc) is 2.85. The lowest BCUT2D eigenvalue weighted by Gasteiger charge is -2.21. The number of fused-ring (bicyclic) bond motifs is 1. The van der Waals surface area contributed by atoms with Crippen molar-refractivity contribution in [3.63, 3.8) is 0 Å². The second kappa shape index (κ2) is 8.41. The molecule has 1 aromatic carbocycles. The maximum Gasteiger partial charge on any atom is 0.333 e. The highest BCUT2D eigenvalue weighted by molar-refractivity contribution is 6.20. The standard InChI is InChI=1S/C18H22N2O5/c1-3-11-19(12-4-2)15(21)9-10-16(22)25-20-17(23)13-7-5-6-8-14(13)18(20)24/h5-8H,3-4,9-12H2,1-2H3. The minimum absolute atomic E-state index is 0.0119. The van der Waals surface area contributed by atoms with Gasteiger partial charge in [0.05, 0.1) is 17.5 Å². The van der Waals surface area contributed by atoms with Crippen molar-refractivity contribution in [3.05, 3.63) is 35.4 Å². The normalized spacial score (nSPS) is 13.0. The largest absolute Gasteiger partial charge is 0.343 e. The molecule has 0 unspecified atom stereocenters. The van der Waals surface area contributed by atoms with E-state index in [0.717, 1.165) is 12.8 Å². The van der Waals surface area contributed by atoms with Gasteiger partial charge in [-0.2, -0.15) is 0 Å². The molecule has 0 aromatic heterocycles. The van der Waals surface area contributed by atoms with Crippen molar-refractivity contribution < 1.29 is 24.0 Å². The number of benzene rings is 1. The maximum absolute atomic E-state index is 12.1. The van der Waals surface area contributed by atoms with Crippen LogP contribution in [-0.4, -0.2) is 46.7 Å². The Morgan fingerprint density at radius 2 is 1.48 bits per heavy atom. The molecule has 3 amide bonds. The van der Waals surface area contributed by atoms with Gasteiger partial charge >= 0.3 is 5.97 Å². The van der Waals surface area contributed by atoms with Crippen molar-refractivity contribution in [2.75, 3.05) is 13.1 Å². The van der Waals surface area contributed by atoms with Crippen LogP contribution in [0.3, 0.4) is 0 Å². The van der Waals surface area contributed by atoms with Gasteiger partial charge in [0.15, 0.2) is 0 Å². The smallest absolute Gasteiger partial charge is 0.333 e. The van der Waals surface area contributed by atoms with E-state index in [1.165, 1.54) is 12.1 Å². The molecule has 2 rings (SSSR count). The fourth-order valence-electron chi connectivity index (χ4n) is 2.67. The molecule has 25 heavy (non-hydrogen) atoms. The van der Waals surface area contributed by atoms with E-state index in [9.17, 15) is 19.2 Å². The summed E-state index contributed by atoms with van der Waals surface area (Å²) in [6, 6.07) is 6.26. The summed E-state index contributed by atoms with van der Waals surface area (Å²) in [4.78, 5) is 54.9. The zero-order valence-electron chi connectivity index (χ0n) is 14.5. The van der Waals surface area contributed by atoms with Gasteiger partial charge < -0.3 is 9.74 Å². The number of imide groups is 1. The third-order valence-corrected chi connectivity index (χ3v) is 3.83. The molecule has 1 heterocycles. The molecule has 7 nitrogen and oxygen atoms in total. The van der Waals surface area contributed by atoms with E-state index in [1.54, 1.807) is 17.0 Å². The van der Waals surface area contributed by atoms with Crippen molar-refractivity contribution in [2.24, 2.45) is 0 Å². The van der Waals surface area contributed by atoms with Crippen LogP contribution in [0.2, 0.25) is 0 Å². The molecule has 1 aliphatic heterocycles. The highest BCUT2D eigenvalue weighted by Gasteiger charge is 2.38. The Morgan fingerprint density at radius 1 is 0.960 bits per heavy atom. The first kappa shape index (κ1) is 18.6. The Labute approximate surface area is 146 Å². The highest BCUT2D eigenvalue weighted by Crippen LogP contribution is 2.22. The number of carbonyl (C=O) groups is 4. The van der Waals surface area contributed by atoms with E-state index in [2.05, 4.69) is 0 Å². The minimum atomic E-state index is -0.782. The lowest BCUT2D eigenvalue weighted by molar-refractivity contribution is -0.169. The van der Waals surface area contributed by atoms with Gasteiger partial charge in [-0.25, -0.2) is 4.79 Å². The number of nitrogens with zero attached hydrogens (tertiary/aromatic N) is 2. The second-order valence-corrected chi connectivity index (χ2v) is 5.79. The highest BCUT2D eigenvalue weighted by atomic mass is 16.7. The Morgan fingerprint density at radius 3 is 1.96 bits per heavy atom. The first-order valence-corrected chi connectivity index (χ1v) is 8.46. The van der Waals surface area contributed by atoms with Crippen LogP contribution in [0, 0.1) is 0 Å². The molecular formula is C18H22N2O5. The Kier molecular flexibility index (Phi) is 6.27. The minimum Gasteiger partial charge on any atom is -0.343 e. The van der Waals surface area contributed by atoms with Gasteiger partial charge in [-0.3, -0.25) is 14.4 Å². The molecule has 0 atom stereocenters. The summed E-state index contributed by atoms with van der Waals surface area (Å²) in [5.74, 6) is -2.25. The van der Waals surface area contributed by atoms with E-state index in [-0.39, 0.29) is 29.9 Å². The number of rotatable bonds is 8. The summed E-state index contributed by atoms with van der Waals surface area (Å²) >= 11 is 0. The molecule has 1 aliphatic rings. The maximum atomic E-state index is 12.1. The van der Waals surface area contributed by atoms with Gasteiger partial charge in [0, 0.05) is 19.5 Å². The van der Waals surface area contributed by atoms with Gasteiger partial charge in [-0.1, -0.05) is 31.0 Å². The summed E-state index contributed by atoms with van der Waals surface area (Å²) in [5, 5.41) is 0.466. The van der Waals surface area contributed by atoms with Crippen molar-refractivity contribution in [3.8, 4) is 0 Å². The third kappa shape index (κ3) is 4.23. The van der Waals surface area contributed by atoms with Crippen LogP contribution in [0.1, 0.15) is 60.2 Å². The topological polar surface area (TPSA) is 84.0 Å². The van der Waals surface area contributed by atoms with Crippen LogP contribution < -0.4 is 0 Å². The SMILES string of the molecule is CCCN(CCC)C(=O)CCC(=O)ON1C(=O)c2ccccc2C1=O. The molecule has 0 saturated carbocycles. The zero-order valence-corrected chi connectivity index (χ0v) is 14.5. The molecule has 7 heteroatoms. The van der Waals surface area contributed by atoms with E-state index in [4.69, 9.17) is 4.84 Å². The quantitative estimate of drug-likeness (QED) is 0.674. The Hall–Kier alpha value is -2.70. The summed E-state index contributed by atoms with van der Waals surface area (Å²) < 4.78 is 0. The lowest BCUT2D eigenvalue weighted by Crippen LogP contribution is -2.35. The van der Waals surface area contributed by atoms with Gasteiger partial charge in [0.2, 0.25) is 5.91 Å². The molecule has 134 valence electrons. The summed E-state index contributed by atoms with van der Waals surface area (Å²) in [6.45, 7) is 5.24. The molecular weight excluding hydrogens is 324 g/mol. The summed E-state index contributed by atoms with van der Waals surface area (Å²) in [7, 11) is 0. The van der Waals surface area contributed by atoms with Crippen molar-refractivity contribution in [1.29, 1.82) is 0 Å². The Balaban J connectivity index is 1.90. The van der Waals surface area contributed by atoms with E-state index in [1.807, 2.05) is 13.8 Å². The first-order valence-electron chi connectivity index (χ1n) is 8.46. The number of amides is 3. The predicted octanol–water partition coefficient (Wildman–Crippen LogP) is 2.17. The van der Waals surface area contributed by atoms with E-state index < -0.39 is 17.8 Å². The predicted molar refractivity (Wildman–Crippen MR) is 89.4 cm³/mol.